The SMILES string of the molecule is CCS(=O)(=O)Cc1ccc(Cl)cc1Cn1c(=O)[nH]c2c(Cl)c(CN3CCC[C@H]3C(=O)N(C)C)c(C(F)(F)F)cc2c1=O. The number of hydrogen-bond acceptors (Lipinski definition) is 6. The molecule has 42 heavy (non-hydrogen) atoms. The number of sulfone groups is 1. The van der Waals surface area contributed by atoms with Gasteiger partial charge in [0.1, 0.15) is 0 Å². The number of rotatable bonds is 8. The van der Waals surface area contributed by atoms with E-state index in [9.17, 15) is 36.0 Å². The van der Waals surface area contributed by atoms with Crippen molar-refractivity contribution >= 4 is 49.8 Å². The van der Waals surface area contributed by atoms with E-state index in [-0.39, 0.29) is 45.6 Å². The third-order valence-corrected chi connectivity index (χ3v) is 9.67. The van der Waals surface area contributed by atoms with Gasteiger partial charge in [0.15, 0.2) is 9.84 Å². The summed E-state index contributed by atoms with van der Waals surface area (Å²) in [6, 6.07) is 4.35. The minimum atomic E-state index is -4.91. The smallest absolute Gasteiger partial charge is 0.347 e. The Kier molecular flexibility index (Phi) is 9.17. The largest absolute Gasteiger partial charge is 0.416 e. The minimum Gasteiger partial charge on any atom is -0.347 e. The predicted octanol–water partition coefficient (Wildman–Crippen LogP) is 4.05. The molecule has 1 aliphatic heterocycles. The van der Waals surface area contributed by atoms with Gasteiger partial charge in [0.2, 0.25) is 5.91 Å². The van der Waals surface area contributed by atoms with E-state index in [1.807, 2.05) is 0 Å². The number of likely N-dealkylation sites (tertiary alicyclic amines) is 1. The van der Waals surface area contributed by atoms with Crippen molar-refractivity contribution in [1.82, 2.24) is 19.4 Å². The van der Waals surface area contributed by atoms with Gasteiger partial charge in [-0.3, -0.25) is 19.1 Å². The summed E-state index contributed by atoms with van der Waals surface area (Å²) in [6.07, 6.45) is -3.84. The Morgan fingerprint density at radius 3 is 2.43 bits per heavy atom. The molecule has 9 nitrogen and oxygen atoms in total. The Hall–Kier alpha value is -2.87. The highest BCUT2D eigenvalue weighted by Gasteiger charge is 2.39. The number of fused-ring (bicyclic) bond motifs is 1. The van der Waals surface area contributed by atoms with Crippen molar-refractivity contribution in [2.24, 2.45) is 0 Å². The van der Waals surface area contributed by atoms with Gasteiger partial charge in [0.05, 0.1) is 39.8 Å². The highest BCUT2D eigenvalue weighted by molar-refractivity contribution is 7.90. The van der Waals surface area contributed by atoms with Gasteiger partial charge in [-0.2, -0.15) is 13.2 Å². The van der Waals surface area contributed by atoms with Crippen LogP contribution >= 0.6 is 23.2 Å². The van der Waals surface area contributed by atoms with E-state index in [4.69, 9.17) is 23.2 Å². The molecule has 0 saturated carbocycles. The van der Waals surface area contributed by atoms with Crippen molar-refractivity contribution in [3.8, 4) is 0 Å². The fourth-order valence-corrected chi connectivity index (χ4v) is 6.60. The first kappa shape index (κ1) is 32.1. The van der Waals surface area contributed by atoms with E-state index in [0.29, 0.717) is 35.6 Å². The van der Waals surface area contributed by atoms with Gasteiger partial charge in [0.25, 0.3) is 5.56 Å². The molecule has 0 aliphatic carbocycles. The van der Waals surface area contributed by atoms with Gasteiger partial charge < -0.3 is 9.88 Å². The van der Waals surface area contributed by atoms with Crippen LogP contribution in [0.25, 0.3) is 10.9 Å². The zero-order chi connectivity index (χ0) is 31.1. The van der Waals surface area contributed by atoms with Gasteiger partial charge in [-0.15, -0.1) is 0 Å². The fourth-order valence-electron chi connectivity index (χ4n) is 5.13. The van der Waals surface area contributed by atoms with Crippen molar-refractivity contribution in [2.75, 3.05) is 26.4 Å². The first-order chi connectivity index (χ1) is 19.5. The lowest BCUT2D eigenvalue weighted by Crippen LogP contribution is -2.42. The quantitative estimate of drug-likeness (QED) is 0.394. The summed E-state index contributed by atoms with van der Waals surface area (Å²) < 4.78 is 68.3. The summed E-state index contributed by atoms with van der Waals surface area (Å²) in [6.45, 7) is 1.08. The summed E-state index contributed by atoms with van der Waals surface area (Å²) in [7, 11) is -0.372. The molecule has 0 bridgehead atoms. The summed E-state index contributed by atoms with van der Waals surface area (Å²) in [4.78, 5) is 44.7. The molecule has 0 spiro atoms. The van der Waals surface area contributed by atoms with Crippen LogP contribution in [0, 0.1) is 0 Å². The van der Waals surface area contributed by atoms with Gasteiger partial charge in [-0.05, 0) is 54.3 Å². The van der Waals surface area contributed by atoms with Crippen molar-refractivity contribution in [1.29, 1.82) is 0 Å². The van der Waals surface area contributed by atoms with Crippen LogP contribution in [-0.2, 0) is 39.7 Å². The van der Waals surface area contributed by atoms with E-state index in [1.54, 1.807) is 19.0 Å². The molecule has 0 unspecified atom stereocenters. The zero-order valence-electron chi connectivity index (χ0n) is 23.0. The summed E-state index contributed by atoms with van der Waals surface area (Å²) in [5.74, 6) is -0.771. The molecule has 2 heterocycles. The molecule has 1 amide bonds. The van der Waals surface area contributed by atoms with Crippen LogP contribution in [0.15, 0.2) is 33.9 Å². The molecule has 1 atom stereocenters. The Morgan fingerprint density at radius 2 is 1.81 bits per heavy atom. The number of hydrogen-bond donors (Lipinski definition) is 1. The third kappa shape index (κ3) is 6.53. The number of H-pyrrole nitrogens is 1. The highest BCUT2D eigenvalue weighted by atomic mass is 35.5. The summed E-state index contributed by atoms with van der Waals surface area (Å²) in [5, 5.41) is -0.697. The molecule has 1 saturated heterocycles. The summed E-state index contributed by atoms with van der Waals surface area (Å²) >= 11 is 12.6. The number of amides is 1. The number of carbonyl (C=O) groups is 1. The molecule has 2 aromatic carbocycles. The molecule has 1 aromatic heterocycles. The van der Waals surface area contributed by atoms with Crippen LogP contribution in [0.4, 0.5) is 13.2 Å². The Labute approximate surface area is 249 Å². The molecular weight excluding hydrogens is 620 g/mol. The fraction of sp³-hybridized carbons (Fsp3) is 0.444. The first-order valence-corrected chi connectivity index (χ1v) is 15.6. The second-order valence-electron chi connectivity index (χ2n) is 10.4. The monoisotopic (exact) mass is 648 g/mol. The Balaban J connectivity index is 1.85. The van der Waals surface area contributed by atoms with Gasteiger partial charge >= 0.3 is 11.9 Å². The zero-order valence-corrected chi connectivity index (χ0v) is 25.3. The number of benzene rings is 2. The first-order valence-electron chi connectivity index (χ1n) is 13.0. The maximum atomic E-state index is 14.4. The maximum absolute atomic E-state index is 14.4. The lowest BCUT2D eigenvalue weighted by molar-refractivity contribution is -0.138. The number of nitrogens with one attached hydrogen (secondary N) is 1. The minimum absolute atomic E-state index is 0.145. The molecular formula is C27H29Cl2F3N4O5S. The number of alkyl halides is 3. The molecule has 4 rings (SSSR count). The maximum Gasteiger partial charge on any atom is 0.416 e. The number of carbonyl (C=O) groups excluding carboxylic acids is 1. The summed E-state index contributed by atoms with van der Waals surface area (Å²) in [5.41, 5.74) is -3.23. The van der Waals surface area contributed by atoms with E-state index >= 15 is 0 Å². The lowest BCUT2D eigenvalue weighted by Gasteiger charge is -2.28. The van der Waals surface area contributed by atoms with Crippen molar-refractivity contribution in [2.45, 2.75) is 50.8 Å². The Bertz CT molecular complexity index is 1770. The average molecular weight is 650 g/mol. The number of aromatic amines is 1. The van der Waals surface area contributed by atoms with Crippen LogP contribution in [0.3, 0.4) is 0 Å². The molecule has 1 N–H and O–H groups in total. The van der Waals surface area contributed by atoms with Crippen molar-refractivity contribution in [3.63, 3.8) is 0 Å². The number of aromatic nitrogens is 2. The van der Waals surface area contributed by atoms with Crippen LogP contribution in [0.5, 0.6) is 0 Å². The van der Waals surface area contributed by atoms with Crippen LogP contribution < -0.4 is 11.2 Å². The average Bonchev–Trinajstić information content (AvgIpc) is 3.36. The standard InChI is InChI=1S/C27H29Cl2F3N4O5S/c1-4-42(40,41)14-15-7-8-17(28)10-16(15)12-36-24(37)18-11-20(27(30,31)32)19(22(29)23(18)33-26(36)39)13-35-9-5-6-21(35)25(38)34(2)3/h7-8,10-11,21H,4-6,9,12-14H2,1-3H3,(H,33,39)/t21-/m0/s1. The Morgan fingerprint density at radius 1 is 1.12 bits per heavy atom. The van der Waals surface area contributed by atoms with E-state index < -0.39 is 55.8 Å². The van der Waals surface area contributed by atoms with Gasteiger partial charge in [-0.25, -0.2) is 13.2 Å². The molecule has 228 valence electrons. The normalized spacial score (nSPS) is 16.3. The van der Waals surface area contributed by atoms with E-state index in [1.165, 1.54) is 30.0 Å². The molecule has 3 aromatic rings. The van der Waals surface area contributed by atoms with E-state index in [0.717, 1.165) is 0 Å². The molecule has 1 aliphatic rings. The predicted molar refractivity (Wildman–Crippen MR) is 155 cm³/mol. The number of nitrogens with zero attached hydrogens (tertiary/aromatic N) is 3. The van der Waals surface area contributed by atoms with Crippen molar-refractivity contribution < 1.29 is 26.4 Å². The second kappa shape index (κ2) is 12.0. The van der Waals surface area contributed by atoms with Crippen LogP contribution in [0.1, 0.15) is 42.0 Å². The number of likely N-dealkylation sites (N-methyl/N-ethyl adjacent to an activating group) is 1. The molecule has 0 radical (unpaired) electrons. The second-order valence-corrected chi connectivity index (χ2v) is 13.6. The molecule has 1 fully saturated rings. The molecule has 15 heteroatoms. The van der Waals surface area contributed by atoms with E-state index in [2.05, 4.69) is 4.98 Å². The van der Waals surface area contributed by atoms with Gasteiger partial charge in [-0.1, -0.05) is 36.2 Å². The lowest BCUT2D eigenvalue weighted by atomic mass is 10.0. The number of halogens is 5. The van der Waals surface area contributed by atoms with Crippen LogP contribution in [0.2, 0.25) is 10.0 Å². The third-order valence-electron chi connectivity index (χ3n) is 7.39. The topological polar surface area (TPSA) is 113 Å². The van der Waals surface area contributed by atoms with Crippen LogP contribution in [-0.4, -0.2) is 66.1 Å². The van der Waals surface area contributed by atoms with Crippen molar-refractivity contribution in [3.05, 3.63) is 77.4 Å². The van der Waals surface area contributed by atoms with Gasteiger partial charge in [0, 0.05) is 31.4 Å². The highest BCUT2D eigenvalue weighted by Crippen LogP contribution is 2.39.